The summed E-state index contributed by atoms with van der Waals surface area (Å²) in [6.45, 7) is 0. The van der Waals surface area contributed by atoms with Crippen molar-refractivity contribution in [3.63, 3.8) is 0 Å². The lowest BCUT2D eigenvalue weighted by atomic mass is 10.1. The van der Waals surface area contributed by atoms with E-state index in [1.807, 2.05) is 0 Å². The molecule has 1 fully saturated rings. The summed E-state index contributed by atoms with van der Waals surface area (Å²) in [6, 6.07) is 2.95. The first kappa shape index (κ1) is 14.2. The Labute approximate surface area is 127 Å². The molecule has 0 unspecified atom stereocenters. The maximum atomic E-state index is 11.6. The first-order chi connectivity index (χ1) is 10.1. The van der Waals surface area contributed by atoms with Gasteiger partial charge in [-0.3, -0.25) is 14.5 Å². The number of carbonyl (C=O) groups excluding carboxylic acids is 1. The maximum Gasteiger partial charge on any atom is 0.352 e. The number of nitrogens with zero attached hydrogens (tertiary/aromatic N) is 2. The highest BCUT2D eigenvalue weighted by molar-refractivity contribution is 8.01. The summed E-state index contributed by atoms with van der Waals surface area (Å²) in [5, 5.41) is 16.1. The second-order valence-electron chi connectivity index (χ2n) is 4.54. The maximum absolute atomic E-state index is 11.6. The molecule has 0 aromatic carbocycles. The molecule has 3 heterocycles. The molecule has 2 N–H and O–H groups in total. The Kier molecular flexibility index (Phi) is 3.77. The predicted octanol–water partition coefficient (Wildman–Crippen LogP) is 0.506. The first-order valence-corrected chi connectivity index (χ1v) is 8.17. The Balaban J connectivity index is 1.80. The third kappa shape index (κ3) is 2.70. The summed E-state index contributed by atoms with van der Waals surface area (Å²) >= 11 is 2.91. The van der Waals surface area contributed by atoms with Crippen LogP contribution in [-0.2, 0) is 9.59 Å². The van der Waals surface area contributed by atoms with Gasteiger partial charge < -0.3 is 5.11 Å². The normalized spacial score (nSPS) is 21.0. The van der Waals surface area contributed by atoms with Crippen LogP contribution >= 0.6 is 23.5 Å². The molecule has 0 saturated carbocycles. The van der Waals surface area contributed by atoms with Crippen LogP contribution in [0.25, 0.3) is 0 Å². The van der Waals surface area contributed by atoms with Crippen molar-refractivity contribution in [3.05, 3.63) is 33.8 Å². The van der Waals surface area contributed by atoms with E-state index in [1.165, 1.54) is 22.7 Å². The number of carboxylic acid groups (broad SMARTS) is 1. The first-order valence-electron chi connectivity index (χ1n) is 6.14. The number of carbonyl (C=O) groups is 2. The van der Waals surface area contributed by atoms with E-state index >= 15 is 0 Å². The molecular weight excluding hydrogens is 314 g/mol. The number of aromatic nitrogens is 2. The summed E-state index contributed by atoms with van der Waals surface area (Å²) in [5.41, 5.74) is 0.522. The van der Waals surface area contributed by atoms with Gasteiger partial charge >= 0.3 is 5.97 Å². The van der Waals surface area contributed by atoms with Crippen molar-refractivity contribution in [1.82, 2.24) is 15.1 Å². The summed E-state index contributed by atoms with van der Waals surface area (Å²) in [6.07, 6.45) is 0.406. The largest absolute Gasteiger partial charge is 0.477 e. The van der Waals surface area contributed by atoms with E-state index in [0.29, 0.717) is 28.5 Å². The molecule has 110 valence electrons. The standard InChI is InChI=1S/C12H11N3O4S2/c16-7-1-2-8(14-13-7)20-4-6-5-21-10-3-9(17)15(10)11(6)12(18)19/h1-2,10H,3-5H2,(H,13,16)(H,18,19)/t10-/m1/s1. The van der Waals surface area contributed by atoms with Gasteiger partial charge in [0.2, 0.25) is 5.91 Å². The predicted molar refractivity (Wildman–Crippen MR) is 78.0 cm³/mol. The van der Waals surface area contributed by atoms with Gasteiger partial charge in [0.05, 0.1) is 11.8 Å². The molecule has 0 aliphatic carbocycles. The average Bonchev–Trinajstić information content (AvgIpc) is 2.45. The van der Waals surface area contributed by atoms with Crippen molar-refractivity contribution in [3.8, 4) is 0 Å². The summed E-state index contributed by atoms with van der Waals surface area (Å²) in [7, 11) is 0. The molecule has 2 aliphatic rings. The monoisotopic (exact) mass is 325 g/mol. The van der Waals surface area contributed by atoms with Crippen molar-refractivity contribution in [2.45, 2.75) is 16.8 Å². The van der Waals surface area contributed by atoms with Gasteiger partial charge in [-0.1, -0.05) is 0 Å². The lowest BCUT2D eigenvalue weighted by Gasteiger charge is -2.43. The summed E-state index contributed by atoms with van der Waals surface area (Å²) in [5.74, 6) is -0.205. The number of aliphatic carboxylic acids is 1. The van der Waals surface area contributed by atoms with Gasteiger partial charge in [0.1, 0.15) is 10.7 Å². The van der Waals surface area contributed by atoms with E-state index in [0.717, 1.165) is 0 Å². The minimum Gasteiger partial charge on any atom is -0.477 e. The molecule has 1 aromatic heterocycles. The lowest BCUT2D eigenvalue weighted by molar-refractivity contribution is -0.146. The number of H-pyrrole nitrogens is 1. The minimum atomic E-state index is -1.07. The fraction of sp³-hybridized carbons (Fsp3) is 0.333. The Bertz CT molecular complexity index is 679. The van der Waals surface area contributed by atoms with E-state index < -0.39 is 5.97 Å². The molecule has 1 saturated heterocycles. The molecule has 1 amide bonds. The molecule has 0 spiro atoms. The number of hydrogen-bond donors (Lipinski definition) is 2. The van der Waals surface area contributed by atoms with Crippen molar-refractivity contribution in [1.29, 1.82) is 0 Å². The third-order valence-corrected chi connectivity index (χ3v) is 5.48. The second kappa shape index (κ2) is 5.57. The van der Waals surface area contributed by atoms with Crippen molar-refractivity contribution < 1.29 is 14.7 Å². The average molecular weight is 325 g/mol. The van der Waals surface area contributed by atoms with Gasteiger partial charge in [0, 0.05) is 17.6 Å². The minimum absolute atomic E-state index is 0.0384. The van der Waals surface area contributed by atoms with Crippen LogP contribution in [0.2, 0.25) is 0 Å². The number of hydrogen-bond acceptors (Lipinski definition) is 6. The van der Waals surface area contributed by atoms with Gasteiger partial charge in [-0.25, -0.2) is 9.89 Å². The molecule has 1 aromatic rings. The SMILES string of the molecule is O=C(O)C1=C(CSc2ccc(=O)[nH]n2)CS[C@@H]2CC(=O)N12. The fourth-order valence-electron chi connectivity index (χ4n) is 2.16. The number of nitrogens with one attached hydrogen (secondary N) is 1. The number of amides is 1. The highest BCUT2D eigenvalue weighted by atomic mass is 32.2. The smallest absolute Gasteiger partial charge is 0.352 e. The Hall–Kier alpha value is -1.74. The van der Waals surface area contributed by atoms with Crippen LogP contribution in [0.3, 0.4) is 0 Å². The van der Waals surface area contributed by atoms with E-state index in [4.69, 9.17) is 0 Å². The zero-order chi connectivity index (χ0) is 15.0. The van der Waals surface area contributed by atoms with Crippen LogP contribution in [-0.4, -0.2) is 49.0 Å². The molecule has 1 atom stereocenters. The third-order valence-electron chi connectivity index (χ3n) is 3.18. The van der Waals surface area contributed by atoms with Crippen molar-refractivity contribution >= 4 is 35.4 Å². The van der Waals surface area contributed by atoms with Gasteiger partial charge in [-0.05, 0) is 11.6 Å². The highest BCUT2D eigenvalue weighted by Gasteiger charge is 2.45. The molecule has 0 bridgehead atoms. The lowest BCUT2D eigenvalue weighted by Crippen LogP contribution is -2.54. The van der Waals surface area contributed by atoms with Gasteiger partial charge in [0.15, 0.2) is 0 Å². The summed E-state index contributed by atoms with van der Waals surface area (Å²) < 4.78 is 0. The molecule has 3 rings (SSSR count). The molecular formula is C12H11N3O4S2. The Morgan fingerprint density at radius 1 is 1.52 bits per heavy atom. The van der Waals surface area contributed by atoms with Gasteiger partial charge in [-0.2, -0.15) is 5.10 Å². The van der Waals surface area contributed by atoms with Crippen LogP contribution in [0.1, 0.15) is 6.42 Å². The van der Waals surface area contributed by atoms with Crippen LogP contribution in [0, 0.1) is 0 Å². The quantitative estimate of drug-likeness (QED) is 0.614. The molecule has 21 heavy (non-hydrogen) atoms. The van der Waals surface area contributed by atoms with Crippen LogP contribution in [0.5, 0.6) is 0 Å². The molecule has 0 radical (unpaired) electrons. The molecule has 2 aliphatic heterocycles. The highest BCUT2D eigenvalue weighted by Crippen LogP contribution is 2.40. The van der Waals surface area contributed by atoms with Crippen LogP contribution < -0.4 is 5.56 Å². The van der Waals surface area contributed by atoms with E-state index in [-0.39, 0.29) is 22.5 Å². The van der Waals surface area contributed by atoms with Crippen LogP contribution in [0.15, 0.2) is 33.2 Å². The van der Waals surface area contributed by atoms with Crippen molar-refractivity contribution in [2.75, 3.05) is 11.5 Å². The van der Waals surface area contributed by atoms with E-state index in [2.05, 4.69) is 10.2 Å². The summed E-state index contributed by atoms with van der Waals surface area (Å²) in [4.78, 5) is 35.3. The van der Waals surface area contributed by atoms with Crippen molar-refractivity contribution in [2.24, 2.45) is 0 Å². The number of rotatable bonds is 4. The Morgan fingerprint density at radius 3 is 2.95 bits per heavy atom. The second-order valence-corrected chi connectivity index (χ2v) is 6.70. The fourth-order valence-corrected chi connectivity index (χ4v) is 4.39. The Morgan fingerprint density at radius 2 is 2.33 bits per heavy atom. The number of aromatic amines is 1. The number of carboxylic acids is 1. The van der Waals surface area contributed by atoms with Gasteiger partial charge in [-0.15, -0.1) is 23.5 Å². The number of thioether (sulfide) groups is 2. The van der Waals surface area contributed by atoms with Crippen LogP contribution in [0.4, 0.5) is 0 Å². The zero-order valence-electron chi connectivity index (χ0n) is 10.7. The zero-order valence-corrected chi connectivity index (χ0v) is 12.4. The van der Waals surface area contributed by atoms with Gasteiger partial charge in [0.25, 0.3) is 5.56 Å². The van der Waals surface area contributed by atoms with E-state index in [9.17, 15) is 19.5 Å². The number of fused-ring (bicyclic) bond motifs is 1. The molecule has 9 heteroatoms. The number of β-lactam (4-membered cyclic amide) rings is 1. The topological polar surface area (TPSA) is 103 Å². The molecule has 7 nitrogen and oxygen atoms in total. The van der Waals surface area contributed by atoms with E-state index in [1.54, 1.807) is 17.8 Å².